The summed E-state index contributed by atoms with van der Waals surface area (Å²) in [4.78, 5) is 97.0. The molecule has 20 nitrogen and oxygen atoms in total. The molecule has 0 spiro atoms. The van der Waals surface area contributed by atoms with Crippen LogP contribution in [-0.4, -0.2) is 127 Å². The van der Waals surface area contributed by atoms with E-state index >= 15 is 0 Å². The molecule has 8 rings (SSSR count). The van der Waals surface area contributed by atoms with Gasteiger partial charge in [0.15, 0.2) is 36.8 Å². The van der Waals surface area contributed by atoms with E-state index in [1.807, 2.05) is 6.08 Å². The number of carbonyl (C=O) groups excluding carboxylic acids is 6. The van der Waals surface area contributed by atoms with Gasteiger partial charge in [0.25, 0.3) is 0 Å². The minimum Gasteiger partial charge on any atom is -0.459 e. The Bertz CT molecular complexity index is 3160. The summed E-state index contributed by atoms with van der Waals surface area (Å²) in [5.41, 5.74) is -0.0231. The number of unbranched alkanes of at least 4 members (excludes halogenated alkanes) is 6. The summed E-state index contributed by atoms with van der Waals surface area (Å²) in [5, 5.41) is 11.2. The van der Waals surface area contributed by atoms with Crippen molar-refractivity contribution in [3.05, 3.63) is 228 Å². The molecule has 1 unspecified atom stereocenters. The van der Waals surface area contributed by atoms with Crippen LogP contribution in [0, 0.1) is 0 Å². The highest BCUT2D eigenvalue weighted by atomic mass is 31.2. The summed E-state index contributed by atoms with van der Waals surface area (Å²) in [6.07, 6.45) is -12.3. The zero-order valence-electron chi connectivity index (χ0n) is 46.1. The molecule has 2 N–H and O–H groups in total. The lowest BCUT2D eigenvalue weighted by molar-refractivity contribution is -0.350. The number of hydrogen-bond donors (Lipinski definition) is 2. The van der Waals surface area contributed by atoms with Gasteiger partial charge < -0.3 is 52.6 Å². The number of rotatable bonds is 28. The SMILES string of the molecule is C=CCCCCCCCCOP(=O)(O)O[C@H]1O[C@H](COC(=O)c2ccccc2)[C@@H](O[C@@H]2O[C@H](CO)[C@H](OC(=O)c3ccccc3)[C@H](OC(=O)c3ccccc3)[C@H]2OC(=O)c2ccccc2)[C@H](OC(=O)c2ccccc2)[C@@H]1OC(=O)c1ccccc1. The first kappa shape index (κ1) is 62.9. The maximum atomic E-state index is 14.6. The number of aliphatic hydroxyl groups excluding tert-OH is 1. The molecule has 6 aromatic rings. The fourth-order valence-electron chi connectivity index (χ4n) is 9.30. The van der Waals surface area contributed by atoms with Crippen molar-refractivity contribution in [2.45, 2.75) is 106 Å². The van der Waals surface area contributed by atoms with Crippen molar-refractivity contribution in [2.24, 2.45) is 0 Å². The number of esters is 6. The van der Waals surface area contributed by atoms with Gasteiger partial charge in [-0.2, -0.15) is 0 Å². The second-order valence-corrected chi connectivity index (χ2v) is 21.0. The number of allylic oxidation sites excluding steroid dienone is 1. The van der Waals surface area contributed by atoms with Crippen LogP contribution >= 0.6 is 7.82 Å². The zero-order chi connectivity index (χ0) is 60.0. The number of phosphoric ester groups is 1. The third-order valence-corrected chi connectivity index (χ3v) is 14.6. The fraction of sp³-hybridized carbons (Fsp3) is 0.312. The van der Waals surface area contributed by atoms with Crippen LogP contribution in [0.15, 0.2) is 195 Å². The van der Waals surface area contributed by atoms with Crippen molar-refractivity contribution in [3.63, 3.8) is 0 Å². The van der Waals surface area contributed by atoms with Crippen molar-refractivity contribution in [2.75, 3.05) is 19.8 Å². The van der Waals surface area contributed by atoms with Crippen LogP contribution in [0.25, 0.3) is 0 Å². The average Bonchev–Trinajstić information content (AvgIpc) is 2.62. The van der Waals surface area contributed by atoms with Crippen molar-refractivity contribution in [1.29, 1.82) is 0 Å². The normalized spacial score (nSPS) is 22.5. The molecule has 85 heavy (non-hydrogen) atoms. The minimum absolute atomic E-state index is 0.00341. The summed E-state index contributed by atoms with van der Waals surface area (Å²) >= 11 is 0. The third-order valence-electron chi connectivity index (χ3n) is 13.6. The molecule has 2 fully saturated rings. The van der Waals surface area contributed by atoms with Crippen LogP contribution in [0.3, 0.4) is 0 Å². The first-order valence-electron chi connectivity index (χ1n) is 27.7. The van der Waals surface area contributed by atoms with Gasteiger partial charge in [0.05, 0.1) is 46.6 Å². The van der Waals surface area contributed by atoms with Crippen LogP contribution in [0.1, 0.15) is 107 Å². The van der Waals surface area contributed by atoms with Crippen LogP contribution < -0.4 is 0 Å². The topological polar surface area (TPSA) is 261 Å². The Balaban J connectivity index is 1.24. The molecule has 0 radical (unpaired) electrons. The fourth-order valence-corrected chi connectivity index (χ4v) is 10.1. The molecule has 21 heteroatoms. The molecule has 0 aromatic heterocycles. The van der Waals surface area contributed by atoms with Crippen molar-refractivity contribution in [3.8, 4) is 0 Å². The Hall–Kier alpha value is -8.17. The van der Waals surface area contributed by atoms with Crippen molar-refractivity contribution < 1.29 is 95.0 Å². The maximum absolute atomic E-state index is 14.6. The summed E-state index contributed by atoms with van der Waals surface area (Å²) in [7, 11) is -5.24. The van der Waals surface area contributed by atoms with E-state index in [9.17, 15) is 43.3 Å². The van der Waals surface area contributed by atoms with Gasteiger partial charge in [0.1, 0.15) is 24.9 Å². The molecule has 0 amide bonds. The Morgan fingerprint density at radius 1 is 0.435 bits per heavy atom. The zero-order valence-corrected chi connectivity index (χ0v) is 47.0. The smallest absolute Gasteiger partial charge is 0.459 e. The largest absolute Gasteiger partial charge is 0.474 e. The molecule has 2 saturated heterocycles. The van der Waals surface area contributed by atoms with E-state index in [2.05, 4.69) is 6.58 Å². The van der Waals surface area contributed by atoms with E-state index < -0.39 is 118 Å². The average molecular weight is 1190 g/mol. The van der Waals surface area contributed by atoms with Crippen molar-refractivity contribution >= 4 is 43.6 Å². The molecule has 0 saturated carbocycles. The molecule has 0 bridgehead atoms. The minimum atomic E-state index is -5.24. The summed E-state index contributed by atoms with van der Waals surface area (Å²) in [6.45, 7) is 1.66. The van der Waals surface area contributed by atoms with Crippen LogP contribution in [0.4, 0.5) is 0 Å². The molecule has 2 heterocycles. The quantitative estimate of drug-likeness (QED) is 0.0152. The molecule has 2 aliphatic rings. The van der Waals surface area contributed by atoms with E-state index in [1.54, 1.807) is 84.9 Å². The number of aliphatic hydroxyl groups is 1. The predicted octanol–water partition coefficient (Wildman–Crippen LogP) is 9.85. The van der Waals surface area contributed by atoms with Crippen molar-refractivity contribution in [1.82, 2.24) is 0 Å². The first-order chi connectivity index (χ1) is 41.3. The van der Waals surface area contributed by atoms with Gasteiger partial charge in [-0.3, -0.25) is 9.05 Å². The Morgan fingerprint density at radius 3 is 1.19 bits per heavy atom. The first-order valence-corrected chi connectivity index (χ1v) is 29.2. The summed E-state index contributed by atoms with van der Waals surface area (Å²) < 4.78 is 81.8. The molecule has 0 aliphatic carbocycles. The van der Waals surface area contributed by atoms with Gasteiger partial charge in [-0.1, -0.05) is 141 Å². The lowest BCUT2D eigenvalue weighted by Gasteiger charge is -2.48. The molecule has 446 valence electrons. The highest BCUT2D eigenvalue weighted by molar-refractivity contribution is 7.47. The second kappa shape index (κ2) is 31.6. The number of hydrogen-bond acceptors (Lipinski definition) is 19. The number of phosphoric acid groups is 1. The van der Waals surface area contributed by atoms with Gasteiger partial charge in [-0.15, -0.1) is 6.58 Å². The Kier molecular flexibility index (Phi) is 23.4. The van der Waals surface area contributed by atoms with Crippen LogP contribution in [-0.2, 0) is 56.2 Å². The van der Waals surface area contributed by atoms with Gasteiger partial charge in [0, 0.05) is 0 Å². The Labute approximate surface area is 491 Å². The second-order valence-electron chi connectivity index (χ2n) is 19.6. The molecule has 6 aromatic carbocycles. The lowest BCUT2D eigenvalue weighted by atomic mass is 9.95. The molecule has 11 atom stereocenters. The highest BCUT2D eigenvalue weighted by Crippen LogP contribution is 2.48. The van der Waals surface area contributed by atoms with Gasteiger partial charge >= 0.3 is 43.6 Å². The summed E-state index contributed by atoms with van der Waals surface area (Å²) in [6, 6.07) is 45.7. The number of ether oxygens (including phenoxy) is 9. The predicted molar refractivity (Wildman–Crippen MR) is 304 cm³/mol. The van der Waals surface area contributed by atoms with E-state index in [0.717, 1.165) is 32.1 Å². The maximum Gasteiger partial charge on any atom is 0.474 e. The van der Waals surface area contributed by atoms with Crippen LogP contribution in [0.5, 0.6) is 0 Å². The standard InChI is InChI=1S/C64H65O20P/c1-2-3-4-5-6-7-8-27-40-75-85(72,73)84-64-56(82-62(71)48-38-25-14-26-39-48)54(80-60(69)46-34-21-12-22-35-46)52(50(77-64)42-74-57(66)43-28-15-9-16-29-43)83-63-55(81-61(70)47-36-23-13-24-37-47)53(79-59(68)45-32-19-11-20-33-45)51(49(41-65)76-63)78-58(67)44-30-17-10-18-31-44/h2,9-26,28-39,49-56,63-65H,1,3-8,27,40-42H2,(H,72,73)/t49-,50-,51+,52-,53+,54+,55-,56+,63+,64-/m1/s1. The van der Waals surface area contributed by atoms with Gasteiger partial charge in [0.2, 0.25) is 6.29 Å². The monoisotopic (exact) mass is 1180 g/mol. The van der Waals surface area contributed by atoms with E-state index in [1.165, 1.54) is 97.1 Å². The van der Waals surface area contributed by atoms with Gasteiger partial charge in [-0.05, 0) is 92.1 Å². The molecule has 2 aliphatic heterocycles. The number of benzene rings is 6. The van der Waals surface area contributed by atoms with E-state index in [-0.39, 0.29) is 40.0 Å². The molecular formula is C64H65O20P. The summed E-state index contributed by atoms with van der Waals surface area (Å²) in [5.74, 6) is -6.12. The molecular weight excluding hydrogens is 1120 g/mol. The number of carbonyl (C=O) groups is 6. The third kappa shape index (κ3) is 17.9. The Morgan fingerprint density at radius 2 is 0.776 bits per heavy atom. The van der Waals surface area contributed by atoms with Crippen LogP contribution in [0.2, 0.25) is 0 Å². The van der Waals surface area contributed by atoms with Gasteiger partial charge in [-0.25, -0.2) is 33.3 Å². The van der Waals surface area contributed by atoms with E-state index in [0.29, 0.717) is 12.8 Å². The van der Waals surface area contributed by atoms with E-state index in [4.69, 9.17) is 51.7 Å². The lowest BCUT2D eigenvalue weighted by Crippen LogP contribution is -2.67. The highest BCUT2D eigenvalue weighted by Gasteiger charge is 2.59.